The SMILES string of the molecule is CNC1(Cc2cc(F)ccc2N(C)C)CC1. The highest BCUT2D eigenvalue weighted by Gasteiger charge is 2.41. The average Bonchev–Trinajstić information content (AvgIpc) is 2.98. The maximum absolute atomic E-state index is 13.3. The van der Waals surface area contributed by atoms with Gasteiger partial charge in [0.2, 0.25) is 0 Å². The van der Waals surface area contributed by atoms with E-state index in [0.29, 0.717) is 0 Å². The lowest BCUT2D eigenvalue weighted by Gasteiger charge is -2.21. The van der Waals surface area contributed by atoms with Gasteiger partial charge in [-0.3, -0.25) is 0 Å². The van der Waals surface area contributed by atoms with Gasteiger partial charge in [-0.05, 0) is 50.1 Å². The Kier molecular flexibility index (Phi) is 2.89. The third-order valence-corrected chi connectivity index (χ3v) is 3.44. The van der Waals surface area contributed by atoms with Crippen molar-refractivity contribution in [2.75, 3.05) is 26.0 Å². The standard InChI is InChI=1S/C13H19FN2/c1-15-13(6-7-13)9-10-8-11(14)4-5-12(10)16(2)3/h4-5,8,15H,6-7,9H2,1-3H3. The Balaban J connectivity index is 2.27. The molecule has 2 nitrogen and oxygen atoms in total. The summed E-state index contributed by atoms with van der Waals surface area (Å²) >= 11 is 0. The van der Waals surface area contributed by atoms with Gasteiger partial charge < -0.3 is 10.2 Å². The van der Waals surface area contributed by atoms with E-state index in [9.17, 15) is 4.39 Å². The minimum Gasteiger partial charge on any atom is -0.377 e. The van der Waals surface area contributed by atoms with Gasteiger partial charge in [-0.25, -0.2) is 4.39 Å². The fourth-order valence-corrected chi connectivity index (χ4v) is 2.16. The molecule has 0 bridgehead atoms. The van der Waals surface area contributed by atoms with Gasteiger partial charge in [-0.2, -0.15) is 0 Å². The first-order valence-corrected chi connectivity index (χ1v) is 5.71. The van der Waals surface area contributed by atoms with E-state index in [1.165, 1.54) is 18.9 Å². The highest BCUT2D eigenvalue weighted by molar-refractivity contribution is 5.53. The van der Waals surface area contributed by atoms with Crippen molar-refractivity contribution in [2.45, 2.75) is 24.8 Å². The number of hydrogen-bond donors (Lipinski definition) is 1. The summed E-state index contributed by atoms with van der Waals surface area (Å²) in [5.41, 5.74) is 2.43. The Labute approximate surface area is 96.5 Å². The summed E-state index contributed by atoms with van der Waals surface area (Å²) < 4.78 is 13.3. The number of rotatable bonds is 4. The summed E-state index contributed by atoms with van der Waals surface area (Å²) in [7, 11) is 5.98. The number of likely N-dealkylation sites (N-methyl/N-ethyl adjacent to an activating group) is 1. The van der Waals surface area contributed by atoms with E-state index in [1.807, 2.05) is 32.1 Å². The zero-order valence-corrected chi connectivity index (χ0v) is 10.2. The molecule has 1 aromatic rings. The molecule has 0 unspecified atom stereocenters. The van der Waals surface area contributed by atoms with Gasteiger partial charge >= 0.3 is 0 Å². The molecule has 0 spiro atoms. The Morgan fingerprint density at radius 1 is 1.38 bits per heavy atom. The van der Waals surface area contributed by atoms with Crippen LogP contribution in [-0.4, -0.2) is 26.7 Å². The summed E-state index contributed by atoms with van der Waals surface area (Å²) in [4.78, 5) is 2.04. The summed E-state index contributed by atoms with van der Waals surface area (Å²) in [5.74, 6) is -0.146. The Hall–Kier alpha value is -1.09. The molecule has 1 aliphatic carbocycles. The third kappa shape index (κ3) is 2.19. The molecule has 0 heterocycles. The van der Waals surface area contributed by atoms with Gasteiger partial charge in [-0.1, -0.05) is 0 Å². The molecule has 1 N–H and O–H groups in total. The van der Waals surface area contributed by atoms with Crippen LogP contribution in [0, 0.1) is 5.82 Å². The molecule has 3 heteroatoms. The Morgan fingerprint density at radius 2 is 2.06 bits per heavy atom. The first-order chi connectivity index (χ1) is 7.56. The van der Waals surface area contributed by atoms with E-state index in [2.05, 4.69) is 5.32 Å². The molecule has 2 rings (SSSR count). The van der Waals surface area contributed by atoms with E-state index >= 15 is 0 Å². The average molecular weight is 222 g/mol. The van der Waals surface area contributed by atoms with Crippen molar-refractivity contribution in [2.24, 2.45) is 0 Å². The monoisotopic (exact) mass is 222 g/mol. The Bertz CT molecular complexity index is 384. The normalized spacial score (nSPS) is 17.2. The predicted octanol–water partition coefficient (Wildman–Crippen LogP) is 2.19. The largest absolute Gasteiger partial charge is 0.377 e. The summed E-state index contributed by atoms with van der Waals surface area (Å²) in [6.45, 7) is 0. The first-order valence-electron chi connectivity index (χ1n) is 5.71. The van der Waals surface area contributed by atoms with Crippen LogP contribution in [0.1, 0.15) is 18.4 Å². The molecule has 1 saturated carbocycles. The minimum absolute atomic E-state index is 0.146. The number of nitrogens with one attached hydrogen (secondary N) is 1. The molecule has 0 amide bonds. The van der Waals surface area contributed by atoms with E-state index in [0.717, 1.165) is 17.7 Å². The molecule has 1 fully saturated rings. The second-order valence-corrected chi connectivity index (χ2v) is 4.87. The Morgan fingerprint density at radius 3 is 2.56 bits per heavy atom. The van der Waals surface area contributed by atoms with Crippen LogP contribution in [0.5, 0.6) is 0 Å². The van der Waals surface area contributed by atoms with Crippen molar-refractivity contribution in [3.05, 3.63) is 29.6 Å². The molecular formula is C13H19FN2. The molecule has 0 radical (unpaired) electrons. The van der Waals surface area contributed by atoms with Gasteiger partial charge in [-0.15, -0.1) is 0 Å². The number of halogens is 1. The van der Waals surface area contributed by atoms with Crippen LogP contribution in [0.4, 0.5) is 10.1 Å². The third-order valence-electron chi connectivity index (χ3n) is 3.44. The van der Waals surface area contributed by atoms with E-state index in [-0.39, 0.29) is 11.4 Å². The van der Waals surface area contributed by atoms with Crippen molar-refractivity contribution >= 4 is 5.69 Å². The van der Waals surface area contributed by atoms with E-state index in [4.69, 9.17) is 0 Å². The lowest BCUT2D eigenvalue weighted by Crippen LogP contribution is -2.30. The van der Waals surface area contributed by atoms with E-state index in [1.54, 1.807) is 6.07 Å². The molecule has 0 aromatic heterocycles. The highest BCUT2D eigenvalue weighted by atomic mass is 19.1. The number of nitrogens with zero attached hydrogens (tertiary/aromatic N) is 1. The summed E-state index contributed by atoms with van der Waals surface area (Å²) in [6.07, 6.45) is 3.29. The molecule has 0 saturated heterocycles. The van der Waals surface area contributed by atoms with E-state index < -0.39 is 0 Å². The molecule has 88 valence electrons. The topological polar surface area (TPSA) is 15.3 Å². The fraction of sp³-hybridized carbons (Fsp3) is 0.538. The number of benzene rings is 1. The van der Waals surface area contributed by atoms with Crippen LogP contribution in [0.3, 0.4) is 0 Å². The lowest BCUT2D eigenvalue weighted by molar-refractivity contribution is 0.545. The molecule has 1 aromatic carbocycles. The maximum Gasteiger partial charge on any atom is 0.123 e. The van der Waals surface area contributed by atoms with Gasteiger partial charge in [0.05, 0.1) is 0 Å². The maximum atomic E-state index is 13.3. The molecule has 16 heavy (non-hydrogen) atoms. The number of hydrogen-bond acceptors (Lipinski definition) is 2. The smallest absolute Gasteiger partial charge is 0.123 e. The molecular weight excluding hydrogens is 203 g/mol. The van der Waals surface area contributed by atoms with Crippen LogP contribution < -0.4 is 10.2 Å². The predicted molar refractivity (Wildman–Crippen MR) is 65.5 cm³/mol. The molecule has 1 aliphatic rings. The van der Waals surface area contributed by atoms with Crippen molar-refractivity contribution in [3.8, 4) is 0 Å². The zero-order valence-electron chi connectivity index (χ0n) is 10.2. The highest BCUT2D eigenvalue weighted by Crippen LogP contribution is 2.39. The van der Waals surface area contributed by atoms with Crippen LogP contribution in [0.25, 0.3) is 0 Å². The van der Waals surface area contributed by atoms with Crippen LogP contribution >= 0.6 is 0 Å². The van der Waals surface area contributed by atoms with Crippen molar-refractivity contribution in [3.63, 3.8) is 0 Å². The minimum atomic E-state index is -0.146. The lowest BCUT2D eigenvalue weighted by atomic mass is 10.0. The van der Waals surface area contributed by atoms with Crippen molar-refractivity contribution in [1.82, 2.24) is 5.32 Å². The quantitative estimate of drug-likeness (QED) is 0.840. The van der Waals surface area contributed by atoms with Gasteiger partial charge in [0.15, 0.2) is 0 Å². The first kappa shape index (κ1) is 11.4. The van der Waals surface area contributed by atoms with Crippen LogP contribution in [-0.2, 0) is 6.42 Å². The van der Waals surface area contributed by atoms with Gasteiger partial charge in [0.25, 0.3) is 0 Å². The molecule has 0 atom stereocenters. The second-order valence-electron chi connectivity index (χ2n) is 4.87. The van der Waals surface area contributed by atoms with Crippen LogP contribution in [0.15, 0.2) is 18.2 Å². The molecule has 0 aliphatic heterocycles. The second kappa shape index (κ2) is 4.06. The van der Waals surface area contributed by atoms with Crippen molar-refractivity contribution in [1.29, 1.82) is 0 Å². The van der Waals surface area contributed by atoms with Crippen LogP contribution in [0.2, 0.25) is 0 Å². The summed E-state index contributed by atoms with van der Waals surface area (Å²) in [6, 6.07) is 5.04. The zero-order chi connectivity index (χ0) is 11.8. The van der Waals surface area contributed by atoms with Gasteiger partial charge in [0.1, 0.15) is 5.82 Å². The number of anilines is 1. The van der Waals surface area contributed by atoms with Gasteiger partial charge in [0, 0.05) is 25.3 Å². The summed E-state index contributed by atoms with van der Waals surface area (Å²) in [5, 5.41) is 3.35. The fourth-order valence-electron chi connectivity index (χ4n) is 2.16. The van der Waals surface area contributed by atoms with Crippen molar-refractivity contribution < 1.29 is 4.39 Å².